The van der Waals surface area contributed by atoms with E-state index in [1.54, 1.807) is 7.11 Å². The summed E-state index contributed by atoms with van der Waals surface area (Å²) in [6.07, 6.45) is 0. The maximum absolute atomic E-state index is 5.95. The van der Waals surface area contributed by atoms with Gasteiger partial charge in [0.2, 0.25) is 0 Å². The summed E-state index contributed by atoms with van der Waals surface area (Å²) in [6.45, 7) is 6.75. The van der Waals surface area contributed by atoms with Gasteiger partial charge in [-0.25, -0.2) is 0 Å². The molecule has 0 saturated carbocycles. The molecule has 1 aromatic carbocycles. The molecule has 0 aliphatic carbocycles. The van der Waals surface area contributed by atoms with Crippen LogP contribution in [0.2, 0.25) is 0 Å². The lowest BCUT2D eigenvalue weighted by Gasteiger charge is -2.37. The van der Waals surface area contributed by atoms with Crippen LogP contribution in [0.5, 0.6) is 5.75 Å². The zero-order valence-electron chi connectivity index (χ0n) is 11.3. The van der Waals surface area contributed by atoms with Crippen molar-refractivity contribution in [3.05, 3.63) is 23.8 Å². The minimum Gasteiger partial charge on any atom is -0.495 e. The second-order valence-electron chi connectivity index (χ2n) is 4.86. The van der Waals surface area contributed by atoms with Gasteiger partial charge in [0.25, 0.3) is 0 Å². The molecule has 1 saturated heterocycles. The second kappa shape index (κ2) is 5.85. The zero-order valence-corrected chi connectivity index (χ0v) is 12.2. The molecule has 1 fully saturated rings. The first-order chi connectivity index (χ1) is 8.61. The van der Waals surface area contributed by atoms with E-state index >= 15 is 0 Å². The number of nitrogens with zero attached hydrogens (tertiary/aromatic N) is 1. The Kier molecular flexibility index (Phi) is 4.40. The second-order valence-corrected chi connectivity index (χ2v) is 6.35. The molecule has 0 amide bonds. The highest BCUT2D eigenvalue weighted by molar-refractivity contribution is 8.00. The number of nitrogen functional groups attached to an aromatic ring is 1. The Morgan fingerprint density at radius 3 is 2.89 bits per heavy atom. The van der Waals surface area contributed by atoms with Crippen molar-refractivity contribution >= 4 is 17.4 Å². The molecule has 2 unspecified atom stereocenters. The third-order valence-electron chi connectivity index (χ3n) is 3.69. The SMILES string of the molecule is COc1ccc(CN2CCSC(C)C2C)cc1N. The van der Waals surface area contributed by atoms with Crippen molar-refractivity contribution < 1.29 is 4.74 Å². The number of benzene rings is 1. The fourth-order valence-corrected chi connectivity index (χ4v) is 3.50. The Hall–Kier alpha value is -0.870. The van der Waals surface area contributed by atoms with Gasteiger partial charge in [0.15, 0.2) is 0 Å². The molecule has 2 rings (SSSR count). The first-order valence-corrected chi connectivity index (χ1v) is 7.44. The lowest BCUT2D eigenvalue weighted by atomic mass is 10.1. The molecule has 2 atom stereocenters. The fourth-order valence-electron chi connectivity index (χ4n) is 2.34. The Bertz CT molecular complexity index is 411. The van der Waals surface area contributed by atoms with Gasteiger partial charge in [-0.1, -0.05) is 13.0 Å². The summed E-state index contributed by atoms with van der Waals surface area (Å²) >= 11 is 2.06. The Morgan fingerprint density at radius 2 is 2.22 bits per heavy atom. The molecule has 0 aromatic heterocycles. The van der Waals surface area contributed by atoms with Gasteiger partial charge in [0.05, 0.1) is 12.8 Å². The molecule has 0 radical (unpaired) electrons. The van der Waals surface area contributed by atoms with Crippen molar-refractivity contribution in [2.24, 2.45) is 0 Å². The molecule has 1 aliphatic rings. The van der Waals surface area contributed by atoms with Gasteiger partial charge in [-0.3, -0.25) is 4.90 Å². The van der Waals surface area contributed by atoms with Gasteiger partial charge in [0, 0.05) is 30.1 Å². The van der Waals surface area contributed by atoms with Crippen molar-refractivity contribution in [3.8, 4) is 5.75 Å². The maximum atomic E-state index is 5.95. The standard InChI is InChI=1S/C14H22N2OS/c1-10-11(2)18-7-6-16(10)9-12-4-5-14(17-3)13(15)8-12/h4-5,8,10-11H,6-7,9,15H2,1-3H3. The fraction of sp³-hybridized carbons (Fsp3) is 0.571. The number of methoxy groups -OCH3 is 1. The van der Waals surface area contributed by atoms with E-state index in [1.807, 2.05) is 12.1 Å². The highest BCUT2D eigenvalue weighted by Gasteiger charge is 2.24. The van der Waals surface area contributed by atoms with Gasteiger partial charge >= 0.3 is 0 Å². The van der Waals surface area contributed by atoms with E-state index in [2.05, 4.69) is 36.6 Å². The summed E-state index contributed by atoms with van der Waals surface area (Å²) < 4.78 is 5.19. The van der Waals surface area contributed by atoms with Crippen LogP contribution in [0, 0.1) is 0 Å². The molecule has 1 heterocycles. The molecule has 2 N–H and O–H groups in total. The third kappa shape index (κ3) is 2.93. The largest absolute Gasteiger partial charge is 0.495 e. The van der Waals surface area contributed by atoms with Gasteiger partial charge in [-0.15, -0.1) is 0 Å². The van der Waals surface area contributed by atoms with Crippen molar-refractivity contribution in [1.29, 1.82) is 0 Å². The first-order valence-electron chi connectivity index (χ1n) is 6.40. The van der Waals surface area contributed by atoms with Crippen LogP contribution in [-0.2, 0) is 6.54 Å². The lowest BCUT2D eigenvalue weighted by Crippen LogP contribution is -2.43. The van der Waals surface area contributed by atoms with Gasteiger partial charge in [-0.2, -0.15) is 11.8 Å². The Labute approximate surface area is 114 Å². The topological polar surface area (TPSA) is 38.5 Å². The highest BCUT2D eigenvalue weighted by Crippen LogP contribution is 2.27. The van der Waals surface area contributed by atoms with E-state index in [9.17, 15) is 0 Å². The number of nitrogens with two attached hydrogens (primary N) is 1. The molecular formula is C14H22N2OS. The smallest absolute Gasteiger partial charge is 0.141 e. The van der Waals surface area contributed by atoms with E-state index in [0.29, 0.717) is 11.3 Å². The molecule has 3 nitrogen and oxygen atoms in total. The molecule has 0 bridgehead atoms. The van der Waals surface area contributed by atoms with Crippen LogP contribution in [0.4, 0.5) is 5.69 Å². The minimum absolute atomic E-state index is 0.618. The Morgan fingerprint density at radius 1 is 1.44 bits per heavy atom. The number of hydrogen-bond donors (Lipinski definition) is 1. The third-order valence-corrected chi connectivity index (χ3v) is 5.03. The predicted octanol–water partition coefficient (Wildman–Crippen LogP) is 2.60. The molecule has 1 aromatic rings. The molecule has 0 spiro atoms. The highest BCUT2D eigenvalue weighted by atomic mass is 32.2. The molecular weight excluding hydrogens is 244 g/mol. The average molecular weight is 266 g/mol. The summed E-state index contributed by atoms with van der Waals surface area (Å²) in [5, 5.41) is 0.703. The van der Waals surface area contributed by atoms with Crippen LogP contribution >= 0.6 is 11.8 Å². The first kappa shape index (κ1) is 13.6. The van der Waals surface area contributed by atoms with E-state index in [0.717, 1.165) is 24.5 Å². The number of thioether (sulfide) groups is 1. The lowest BCUT2D eigenvalue weighted by molar-refractivity contribution is 0.204. The predicted molar refractivity (Wildman–Crippen MR) is 79.2 cm³/mol. The number of anilines is 1. The monoisotopic (exact) mass is 266 g/mol. The van der Waals surface area contributed by atoms with E-state index in [1.165, 1.54) is 11.3 Å². The van der Waals surface area contributed by atoms with E-state index in [-0.39, 0.29) is 0 Å². The van der Waals surface area contributed by atoms with Gasteiger partial charge < -0.3 is 10.5 Å². The maximum Gasteiger partial charge on any atom is 0.141 e. The zero-order chi connectivity index (χ0) is 13.1. The van der Waals surface area contributed by atoms with Gasteiger partial charge in [0.1, 0.15) is 5.75 Å². The summed E-state index contributed by atoms with van der Waals surface area (Å²) in [5.41, 5.74) is 7.94. The van der Waals surface area contributed by atoms with Crippen molar-refractivity contribution in [2.75, 3.05) is 25.1 Å². The van der Waals surface area contributed by atoms with E-state index < -0.39 is 0 Å². The van der Waals surface area contributed by atoms with Crippen LogP contribution in [0.25, 0.3) is 0 Å². The average Bonchev–Trinajstić information content (AvgIpc) is 2.35. The summed E-state index contributed by atoms with van der Waals surface area (Å²) in [5.74, 6) is 1.98. The minimum atomic E-state index is 0.618. The molecule has 1 aliphatic heterocycles. The molecule has 100 valence electrons. The van der Waals surface area contributed by atoms with Crippen LogP contribution in [-0.4, -0.2) is 35.6 Å². The van der Waals surface area contributed by atoms with Crippen molar-refractivity contribution in [3.63, 3.8) is 0 Å². The summed E-state index contributed by atoms with van der Waals surface area (Å²) in [7, 11) is 1.65. The Balaban J connectivity index is 2.06. The van der Waals surface area contributed by atoms with E-state index in [4.69, 9.17) is 10.5 Å². The normalized spacial score (nSPS) is 25.1. The summed E-state index contributed by atoms with van der Waals surface area (Å²) in [6, 6.07) is 6.70. The number of ether oxygens (including phenoxy) is 1. The van der Waals surface area contributed by atoms with Crippen LogP contribution in [0.1, 0.15) is 19.4 Å². The number of hydrogen-bond acceptors (Lipinski definition) is 4. The van der Waals surface area contributed by atoms with Crippen LogP contribution in [0.3, 0.4) is 0 Å². The van der Waals surface area contributed by atoms with Crippen LogP contribution in [0.15, 0.2) is 18.2 Å². The number of rotatable bonds is 3. The summed E-state index contributed by atoms with van der Waals surface area (Å²) in [4.78, 5) is 2.53. The quantitative estimate of drug-likeness (QED) is 0.854. The van der Waals surface area contributed by atoms with Crippen LogP contribution < -0.4 is 10.5 Å². The molecule has 4 heteroatoms. The van der Waals surface area contributed by atoms with Gasteiger partial charge in [-0.05, 0) is 24.6 Å². The van der Waals surface area contributed by atoms with Crippen molar-refractivity contribution in [1.82, 2.24) is 4.90 Å². The molecule has 18 heavy (non-hydrogen) atoms. The van der Waals surface area contributed by atoms with Crippen molar-refractivity contribution in [2.45, 2.75) is 31.7 Å².